The molecule has 1 saturated heterocycles. The predicted octanol–water partition coefficient (Wildman–Crippen LogP) is 1.48. The first-order valence-electron chi connectivity index (χ1n) is 10.7. The van der Waals surface area contributed by atoms with Crippen LogP contribution in [0.2, 0.25) is 0 Å². The number of thiophene rings is 1. The number of aromatic nitrogens is 2. The molecule has 2 aliphatic heterocycles. The molecular weight excluding hydrogens is 448 g/mol. The number of hydrogen-bond donors (Lipinski definition) is 3. The zero-order chi connectivity index (χ0) is 22.6. The third-order valence-electron chi connectivity index (χ3n) is 6.09. The topological polar surface area (TPSA) is 132 Å². The second-order valence-corrected chi connectivity index (χ2v) is 9.32. The van der Waals surface area contributed by atoms with E-state index in [1.807, 2.05) is 0 Å². The Labute approximate surface area is 191 Å². The van der Waals surface area contributed by atoms with E-state index in [1.54, 1.807) is 18.2 Å². The van der Waals surface area contributed by atoms with Gasteiger partial charge in [0.25, 0.3) is 17.4 Å². The van der Waals surface area contributed by atoms with Crippen LogP contribution in [0.3, 0.4) is 0 Å². The Hall–Kier alpha value is -3.28. The number of carbonyl (C=O) groups excluding carboxylic acids is 2. The van der Waals surface area contributed by atoms with Crippen molar-refractivity contribution >= 4 is 39.1 Å². The lowest BCUT2D eigenvalue weighted by Gasteiger charge is -2.31. The molecule has 2 amide bonds. The number of anilines is 1. The molecule has 0 atom stereocenters. The monoisotopic (exact) mass is 468 g/mol. The van der Waals surface area contributed by atoms with Crippen molar-refractivity contribution in [2.75, 3.05) is 25.1 Å². The minimum atomic E-state index is -0.597. The highest BCUT2D eigenvalue weighted by Crippen LogP contribution is 2.41. The van der Waals surface area contributed by atoms with Gasteiger partial charge in [-0.3, -0.25) is 14.4 Å². The molecule has 1 aliphatic carbocycles. The molecule has 3 N–H and O–H groups in total. The van der Waals surface area contributed by atoms with Gasteiger partial charge in [0.1, 0.15) is 10.6 Å². The van der Waals surface area contributed by atoms with E-state index in [0.717, 1.165) is 16.0 Å². The molecule has 10 nitrogen and oxygen atoms in total. The molecule has 170 valence electrons. The fraction of sp³-hybridized carbons (Fsp3) is 0.364. The number of rotatable bonds is 3. The van der Waals surface area contributed by atoms with E-state index in [2.05, 4.69) is 20.6 Å². The minimum Gasteiger partial charge on any atom is -0.482 e. The largest absolute Gasteiger partial charge is 0.482 e. The number of amides is 2. The summed E-state index contributed by atoms with van der Waals surface area (Å²) >= 11 is 1.41. The lowest BCUT2D eigenvalue weighted by Crippen LogP contribution is -2.36. The summed E-state index contributed by atoms with van der Waals surface area (Å²) in [6.45, 7) is 1.33. The van der Waals surface area contributed by atoms with Gasteiger partial charge in [-0.1, -0.05) is 6.07 Å². The van der Waals surface area contributed by atoms with Gasteiger partial charge < -0.3 is 29.8 Å². The zero-order valence-electron chi connectivity index (χ0n) is 17.5. The Kier molecular flexibility index (Phi) is 4.71. The van der Waals surface area contributed by atoms with Crippen LogP contribution in [0, 0.1) is 0 Å². The Morgan fingerprint density at radius 1 is 1.24 bits per heavy atom. The summed E-state index contributed by atoms with van der Waals surface area (Å²) < 4.78 is 17.0. The van der Waals surface area contributed by atoms with Crippen LogP contribution in [-0.4, -0.2) is 47.4 Å². The summed E-state index contributed by atoms with van der Waals surface area (Å²) in [6, 6.07) is 5.28. The van der Waals surface area contributed by atoms with Crippen molar-refractivity contribution in [3.63, 3.8) is 0 Å². The number of ether oxygens (including phenoxy) is 3. The first-order valence-corrected chi connectivity index (χ1v) is 11.5. The first-order chi connectivity index (χ1) is 16.0. The van der Waals surface area contributed by atoms with Crippen molar-refractivity contribution < 1.29 is 23.8 Å². The van der Waals surface area contributed by atoms with Crippen molar-refractivity contribution in [2.24, 2.45) is 0 Å². The van der Waals surface area contributed by atoms with Gasteiger partial charge in [0.05, 0.1) is 24.3 Å². The zero-order valence-corrected chi connectivity index (χ0v) is 18.3. The lowest BCUT2D eigenvalue weighted by atomic mass is 9.92. The molecule has 0 unspecified atom stereocenters. The normalized spacial score (nSPS) is 18.5. The predicted molar refractivity (Wildman–Crippen MR) is 119 cm³/mol. The fourth-order valence-electron chi connectivity index (χ4n) is 4.52. The van der Waals surface area contributed by atoms with Crippen molar-refractivity contribution in [3.8, 4) is 5.75 Å². The molecule has 33 heavy (non-hydrogen) atoms. The molecule has 2 aromatic heterocycles. The summed E-state index contributed by atoms with van der Waals surface area (Å²) in [7, 11) is 0. The van der Waals surface area contributed by atoms with Crippen LogP contribution >= 0.6 is 11.3 Å². The van der Waals surface area contributed by atoms with Gasteiger partial charge in [-0.15, -0.1) is 11.3 Å². The number of H-pyrrole nitrogens is 1. The van der Waals surface area contributed by atoms with Gasteiger partial charge in [0.2, 0.25) is 5.82 Å². The van der Waals surface area contributed by atoms with Crippen molar-refractivity contribution in [2.45, 2.75) is 31.6 Å². The summed E-state index contributed by atoms with van der Waals surface area (Å²) in [4.78, 5) is 45.7. The number of aryl methyl sites for hydroxylation is 1. The molecule has 0 saturated carbocycles. The number of nitrogens with one attached hydrogen (secondary N) is 3. The minimum absolute atomic E-state index is 0.0161. The molecule has 3 aliphatic rings. The van der Waals surface area contributed by atoms with Crippen molar-refractivity contribution in [1.82, 2.24) is 15.3 Å². The highest BCUT2D eigenvalue weighted by atomic mass is 32.1. The summed E-state index contributed by atoms with van der Waals surface area (Å²) in [5.41, 5.74) is 1.98. The Balaban J connectivity index is 1.22. The summed E-state index contributed by atoms with van der Waals surface area (Å²) in [5, 5.41) is 6.05. The Morgan fingerprint density at radius 3 is 2.94 bits per heavy atom. The van der Waals surface area contributed by atoms with Crippen molar-refractivity contribution in [3.05, 3.63) is 50.4 Å². The Bertz CT molecular complexity index is 1360. The van der Waals surface area contributed by atoms with Crippen molar-refractivity contribution in [1.29, 1.82) is 0 Å². The van der Waals surface area contributed by atoms with E-state index in [1.165, 1.54) is 11.3 Å². The van der Waals surface area contributed by atoms with Gasteiger partial charge in [-0.2, -0.15) is 0 Å². The van der Waals surface area contributed by atoms with Gasteiger partial charge in [-0.05, 0) is 29.7 Å². The lowest BCUT2D eigenvalue weighted by molar-refractivity contribution is -0.163. The van der Waals surface area contributed by atoms with E-state index in [-0.39, 0.29) is 30.4 Å². The maximum Gasteiger partial charge on any atom is 0.287 e. The van der Waals surface area contributed by atoms with Gasteiger partial charge in [-0.25, -0.2) is 4.98 Å². The SMILES string of the molecule is O=C1COc2ccc(CNC(=O)c3nc4sc5c(c4c(=O)[nH]3)CCC3(C5)OCCO3)cc2N1. The number of hydrogen-bond acceptors (Lipinski definition) is 8. The molecule has 1 aromatic carbocycles. The average Bonchev–Trinajstić information content (AvgIpc) is 3.41. The quantitative estimate of drug-likeness (QED) is 0.531. The molecule has 1 spiro atoms. The molecule has 11 heteroatoms. The third-order valence-corrected chi connectivity index (χ3v) is 7.21. The average molecular weight is 468 g/mol. The number of fused-ring (bicyclic) bond motifs is 4. The maximum atomic E-state index is 12.8. The Morgan fingerprint density at radius 2 is 2.09 bits per heavy atom. The third kappa shape index (κ3) is 3.58. The van der Waals surface area contributed by atoms with Gasteiger partial charge >= 0.3 is 0 Å². The van der Waals surface area contributed by atoms with Gasteiger partial charge in [0, 0.05) is 24.3 Å². The van der Waals surface area contributed by atoms with E-state index in [9.17, 15) is 14.4 Å². The number of benzene rings is 1. The van der Waals surface area contributed by atoms with Crippen LogP contribution in [-0.2, 0) is 33.7 Å². The van der Waals surface area contributed by atoms with Crippen LogP contribution in [0.4, 0.5) is 5.69 Å². The second-order valence-electron chi connectivity index (χ2n) is 8.23. The number of nitrogens with zero attached hydrogens (tertiary/aromatic N) is 1. The number of aromatic amines is 1. The number of carbonyl (C=O) groups is 2. The highest BCUT2D eigenvalue weighted by Gasteiger charge is 2.41. The van der Waals surface area contributed by atoms with Crippen LogP contribution in [0.25, 0.3) is 10.2 Å². The standard InChI is InChI=1S/C22H20N4O6S/c27-16-10-30-14-2-1-11(7-13(14)24-16)9-23-20(29)18-25-19(28)17-12-3-4-22(31-5-6-32-22)8-15(12)33-21(17)26-18/h1-2,7H,3-6,8-10H2,(H,23,29)(H,24,27)(H,25,26,28). The molecule has 3 aromatic rings. The molecule has 4 heterocycles. The van der Waals surface area contributed by atoms with Crippen LogP contribution < -0.4 is 20.9 Å². The molecule has 0 bridgehead atoms. The molecule has 0 radical (unpaired) electrons. The smallest absolute Gasteiger partial charge is 0.287 e. The molecule has 6 rings (SSSR count). The van der Waals surface area contributed by atoms with Crippen LogP contribution in [0.5, 0.6) is 5.75 Å². The van der Waals surface area contributed by atoms with E-state index >= 15 is 0 Å². The second kappa shape index (κ2) is 7.65. The fourth-order valence-corrected chi connectivity index (χ4v) is 5.83. The summed E-state index contributed by atoms with van der Waals surface area (Å²) in [5.74, 6) is -0.770. The van der Waals surface area contributed by atoms with Crippen LogP contribution in [0.15, 0.2) is 23.0 Å². The van der Waals surface area contributed by atoms with E-state index in [4.69, 9.17) is 14.2 Å². The van der Waals surface area contributed by atoms with E-state index in [0.29, 0.717) is 54.1 Å². The van der Waals surface area contributed by atoms with E-state index < -0.39 is 11.7 Å². The summed E-state index contributed by atoms with van der Waals surface area (Å²) in [6.07, 6.45) is 1.95. The molecule has 1 fully saturated rings. The first kappa shape index (κ1) is 20.3. The van der Waals surface area contributed by atoms with Gasteiger partial charge in [0.15, 0.2) is 12.4 Å². The highest BCUT2D eigenvalue weighted by molar-refractivity contribution is 7.18. The molecular formula is C22H20N4O6S. The van der Waals surface area contributed by atoms with Crippen LogP contribution in [0.1, 0.15) is 33.0 Å². The maximum absolute atomic E-state index is 12.8.